The fourth-order valence-corrected chi connectivity index (χ4v) is 5.12. The number of hydrogen-bond donors (Lipinski definition) is 1. The van der Waals surface area contributed by atoms with Crippen LogP contribution in [0.2, 0.25) is 0 Å². The molecule has 38 heavy (non-hydrogen) atoms. The van der Waals surface area contributed by atoms with Gasteiger partial charge in [-0.1, -0.05) is 72.4 Å². The number of thioether (sulfide) groups is 1. The van der Waals surface area contributed by atoms with E-state index in [1.807, 2.05) is 57.3 Å². The smallest absolute Gasteiger partial charge is 0.407 e. The minimum absolute atomic E-state index is 0.353. The number of nitrogens with one attached hydrogen (secondary N) is 1. The maximum absolute atomic E-state index is 12.2. The largest absolute Gasteiger partial charge is 0.465 e. The number of fused-ring (bicyclic) bond motifs is 1. The van der Waals surface area contributed by atoms with Crippen molar-refractivity contribution < 1.29 is 19.1 Å². The molecule has 0 aliphatic carbocycles. The van der Waals surface area contributed by atoms with Gasteiger partial charge in [0, 0.05) is 24.9 Å². The molecule has 1 N–H and O–H groups in total. The Labute approximate surface area is 227 Å². The van der Waals surface area contributed by atoms with Gasteiger partial charge < -0.3 is 19.4 Å². The molecule has 3 aromatic carbocycles. The molecule has 1 amide bonds. The molecule has 0 bridgehead atoms. The van der Waals surface area contributed by atoms with Gasteiger partial charge in [0.2, 0.25) is 0 Å². The molecule has 0 saturated carbocycles. The predicted molar refractivity (Wildman–Crippen MR) is 151 cm³/mol. The lowest BCUT2D eigenvalue weighted by Crippen LogP contribution is -2.33. The van der Waals surface area contributed by atoms with E-state index in [1.54, 1.807) is 17.8 Å². The second kappa shape index (κ2) is 12.2. The summed E-state index contributed by atoms with van der Waals surface area (Å²) in [5, 5.41) is 6.03. The van der Waals surface area contributed by atoms with E-state index in [0.717, 1.165) is 16.4 Å². The molecule has 8 heteroatoms. The Bertz CT molecular complexity index is 1420. The number of hydrogen-bond acceptors (Lipinski definition) is 6. The summed E-state index contributed by atoms with van der Waals surface area (Å²) in [6.07, 6.45) is 2.16. The zero-order chi connectivity index (χ0) is 27.1. The van der Waals surface area contributed by atoms with Gasteiger partial charge in [0.25, 0.3) is 0 Å². The summed E-state index contributed by atoms with van der Waals surface area (Å²) in [4.78, 5) is 29.2. The number of benzene rings is 3. The molecule has 1 heterocycles. The highest BCUT2D eigenvalue weighted by atomic mass is 32.2. The first kappa shape index (κ1) is 27.3. The predicted octanol–water partition coefficient (Wildman–Crippen LogP) is 6.23. The second-order valence-electron chi connectivity index (χ2n) is 9.90. The topological polar surface area (TPSA) is 82.4 Å². The van der Waals surface area contributed by atoms with Crippen LogP contribution in [-0.4, -0.2) is 40.9 Å². The van der Waals surface area contributed by atoms with Gasteiger partial charge in [0.15, 0.2) is 5.16 Å². The molecule has 4 aromatic rings. The molecule has 1 aromatic heterocycles. The van der Waals surface area contributed by atoms with Gasteiger partial charge in [-0.25, -0.2) is 14.6 Å². The van der Waals surface area contributed by atoms with E-state index in [1.165, 1.54) is 23.4 Å². The van der Waals surface area contributed by atoms with Gasteiger partial charge >= 0.3 is 12.1 Å². The minimum Gasteiger partial charge on any atom is -0.465 e. The molecular formula is C30H33N3O4S. The van der Waals surface area contributed by atoms with Crippen molar-refractivity contribution in [2.24, 2.45) is 0 Å². The molecule has 0 spiro atoms. The van der Waals surface area contributed by atoms with E-state index < -0.39 is 11.7 Å². The third kappa shape index (κ3) is 7.16. The van der Waals surface area contributed by atoms with Gasteiger partial charge in [0.05, 0.1) is 24.9 Å². The first-order valence-electron chi connectivity index (χ1n) is 12.5. The highest BCUT2D eigenvalue weighted by Gasteiger charge is 2.17. The summed E-state index contributed by atoms with van der Waals surface area (Å²) in [5.74, 6) is 0.210. The zero-order valence-electron chi connectivity index (χ0n) is 22.2. The highest BCUT2D eigenvalue weighted by Crippen LogP contribution is 2.27. The Morgan fingerprint density at radius 2 is 1.68 bits per heavy atom. The van der Waals surface area contributed by atoms with E-state index in [-0.39, 0.29) is 5.97 Å². The van der Waals surface area contributed by atoms with Crippen molar-refractivity contribution in [2.75, 3.05) is 13.7 Å². The van der Waals surface area contributed by atoms with Crippen LogP contribution in [0.25, 0.3) is 10.8 Å². The molecule has 0 aliphatic rings. The SMILES string of the molecule is COC(=O)c1ccccc1CSc1nc(CCNC(=O)OC(C)(C)C)cn1Cc1cccc2ccccc12. The van der Waals surface area contributed by atoms with Crippen LogP contribution in [0.1, 0.15) is 48.0 Å². The first-order chi connectivity index (χ1) is 18.2. The van der Waals surface area contributed by atoms with Gasteiger partial charge in [-0.2, -0.15) is 0 Å². The molecule has 198 valence electrons. The van der Waals surface area contributed by atoms with Crippen molar-refractivity contribution in [1.29, 1.82) is 0 Å². The summed E-state index contributed by atoms with van der Waals surface area (Å²) in [6, 6.07) is 22.1. The zero-order valence-corrected chi connectivity index (χ0v) is 23.0. The maximum atomic E-state index is 12.2. The highest BCUT2D eigenvalue weighted by molar-refractivity contribution is 7.98. The van der Waals surface area contributed by atoms with Crippen LogP contribution in [0, 0.1) is 0 Å². The number of carbonyl (C=O) groups excluding carboxylic acids is 2. The summed E-state index contributed by atoms with van der Waals surface area (Å²) < 4.78 is 12.4. The molecule has 4 rings (SSSR count). The third-order valence-corrected chi connectivity index (χ3v) is 6.88. The normalized spacial score (nSPS) is 11.4. The summed E-state index contributed by atoms with van der Waals surface area (Å²) in [5.41, 5.74) is 2.95. The van der Waals surface area contributed by atoms with Crippen LogP contribution >= 0.6 is 11.8 Å². The fraction of sp³-hybridized carbons (Fsp3) is 0.300. The number of methoxy groups -OCH3 is 1. The minimum atomic E-state index is -0.547. The van der Waals surface area contributed by atoms with E-state index >= 15 is 0 Å². The Balaban J connectivity index is 1.55. The van der Waals surface area contributed by atoms with Crippen molar-refractivity contribution >= 4 is 34.6 Å². The Morgan fingerprint density at radius 1 is 0.974 bits per heavy atom. The van der Waals surface area contributed by atoms with Crippen molar-refractivity contribution in [1.82, 2.24) is 14.9 Å². The number of alkyl carbamates (subject to hydrolysis) is 1. The summed E-state index contributed by atoms with van der Waals surface area (Å²) >= 11 is 1.57. The number of ether oxygens (including phenoxy) is 2. The van der Waals surface area contributed by atoms with E-state index in [2.05, 4.69) is 40.2 Å². The van der Waals surface area contributed by atoms with Gasteiger partial charge in [-0.05, 0) is 48.7 Å². The molecule has 0 atom stereocenters. The monoisotopic (exact) mass is 531 g/mol. The quantitative estimate of drug-likeness (QED) is 0.204. The number of amides is 1. The fourth-order valence-electron chi connectivity index (χ4n) is 4.12. The molecule has 0 radical (unpaired) electrons. The lowest BCUT2D eigenvalue weighted by atomic mass is 10.0. The first-order valence-corrected chi connectivity index (χ1v) is 13.5. The number of nitrogens with zero attached hydrogens (tertiary/aromatic N) is 2. The summed E-state index contributed by atoms with van der Waals surface area (Å²) in [6.45, 7) is 6.57. The number of imidazole rings is 1. The molecule has 0 unspecified atom stereocenters. The lowest BCUT2D eigenvalue weighted by Gasteiger charge is -2.19. The standard InChI is InChI=1S/C30H33N3O4S/c1-30(2,3)37-29(35)31-17-16-24-19-33(18-22-13-9-12-21-10-5-7-14-25(21)22)28(32-24)38-20-23-11-6-8-15-26(23)27(34)36-4/h5-15,19H,16-18,20H2,1-4H3,(H,31,35). The number of carbonyl (C=O) groups is 2. The van der Waals surface area contributed by atoms with Crippen LogP contribution in [-0.2, 0) is 28.2 Å². The third-order valence-electron chi connectivity index (χ3n) is 5.84. The van der Waals surface area contributed by atoms with Crippen LogP contribution in [0.3, 0.4) is 0 Å². The lowest BCUT2D eigenvalue weighted by molar-refractivity contribution is 0.0527. The van der Waals surface area contributed by atoms with Gasteiger partial charge in [0.1, 0.15) is 5.60 Å². The van der Waals surface area contributed by atoms with Crippen LogP contribution in [0.15, 0.2) is 78.1 Å². The molecular weight excluding hydrogens is 498 g/mol. The number of aromatic nitrogens is 2. The maximum Gasteiger partial charge on any atom is 0.407 e. The van der Waals surface area contributed by atoms with Crippen LogP contribution in [0.5, 0.6) is 0 Å². The summed E-state index contributed by atoms with van der Waals surface area (Å²) in [7, 11) is 1.39. The van der Waals surface area contributed by atoms with Crippen LogP contribution < -0.4 is 5.32 Å². The Kier molecular flexibility index (Phi) is 8.73. The molecule has 0 fully saturated rings. The average Bonchev–Trinajstić information content (AvgIpc) is 3.27. The molecule has 0 saturated heterocycles. The molecule has 7 nitrogen and oxygen atoms in total. The van der Waals surface area contributed by atoms with E-state index in [4.69, 9.17) is 14.5 Å². The Morgan fingerprint density at radius 3 is 2.47 bits per heavy atom. The van der Waals surface area contributed by atoms with Gasteiger partial charge in [-0.15, -0.1) is 0 Å². The van der Waals surface area contributed by atoms with Crippen molar-refractivity contribution in [2.45, 2.75) is 50.2 Å². The molecule has 0 aliphatic heterocycles. The van der Waals surface area contributed by atoms with Crippen LogP contribution in [0.4, 0.5) is 4.79 Å². The van der Waals surface area contributed by atoms with Crippen molar-refractivity contribution in [3.63, 3.8) is 0 Å². The number of esters is 1. The second-order valence-corrected chi connectivity index (χ2v) is 10.8. The number of rotatable bonds is 9. The van der Waals surface area contributed by atoms with Crippen molar-refractivity contribution in [3.8, 4) is 0 Å². The average molecular weight is 532 g/mol. The van der Waals surface area contributed by atoms with E-state index in [0.29, 0.717) is 30.8 Å². The van der Waals surface area contributed by atoms with Gasteiger partial charge in [-0.3, -0.25) is 0 Å². The Hall–Kier alpha value is -3.78. The van der Waals surface area contributed by atoms with E-state index in [9.17, 15) is 9.59 Å². The van der Waals surface area contributed by atoms with Crippen molar-refractivity contribution in [3.05, 3.63) is 95.3 Å².